The Bertz CT molecular complexity index is 225. The Labute approximate surface area is 82.6 Å². The minimum atomic E-state index is 0.375. The fourth-order valence-electron chi connectivity index (χ4n) is 2.04. The van der Waals surface area contributed by atoms with Crippen LogP contribution in [0.5, 0.6) is 0 Å². The maximum absolute atomic E-state index is 5.64. The van der Waals surface area contributed by atoms with Gasteiger partial charge >= 0.3 is 0 Å². The Morgan fingerprint density at radius 1 is 1.50 bits per heavy atom. The van der Waals surface area contributed by atoms with E-state index >= 15 is 0 Å². The Hall–Kier alpha value is -0.0200. The summed E-state index contributed by atoms with van der Waals surface area (Å²) in [5, 5.41) is 0. The third kappa shape index (κ3) is 1.52. The van der Waals surface area contributed by atoms with Crippen LogP contribution in [0, 0.1) is 11.8 Å². The molecule has 0 N–H and O–H groups in total. The average Bonchev–Trinajstić information content (AvgIpc) is 2.64. The number of fused-ring (bicyclic) bond motifs is 2. The molecule has 0 saturated heterocycles. The van der Waals surface area contributed by atoms with Gasteiger partial charge in [0.15, 0.2) is 0 Å². The lowest BCUT2D eigenvalue weighted by atomic mass is 10.1. The molecule has 12 heavy (non-hydrogen) atoms. The topological polar surface area (TPSA) is 9.23 Å². The van der Waals surface area contributed by atoms with Gasteiger partial charge < -0.3 is 4.74 Å². The molecule has 0 heterocycles. The summed E-state index contributed by atoms with van der Waals surface area (Å²) in [5.74, 6) is 1.41. The van der Waals surface area contributed by atoms with E-state index in [4.69, 9.17) is 17.0 Å². The van der Waals surface area contributed by atoms with E-state index in [9.17, 15) is 0 Å². The number of thioether (sulfide) groups is 1. The fourth-order valence-corrected chi connectivity index (χ4v) is 2.38. The van der Waals surface area contributed by atoms with Crippen molar-refractivity contribution in [3.63, 3.8) is 0 Å². The van der Waals surface area contributed by atoms with Crippen molar-refractivity contribution >= 4 is 28.4 Å². The molecule has 0 aromatic rings. The van der Waals surface area contributed by atoms with Crippen molar-refractivity contribution in [2.45, 2.75) is 18.9 Å². The molecule has 3 atom stereocenters. The first-order valence-corrected chi connectivity index (χ1v) is 5.86. The van der Waals surface area contributed by atoms with Crippen LogP contribution in [-0.4, -0.2) is 16.7 Å². The molecule has 0 aromatic carbocycles. The monoisotopic (exact) mass is 200 g/mol. The summed E-state index contributed by atoms with van der Waals surface area (Å²) >= 11 is 6.55. The zero-order valence-electron chi connectivity index (χ0n) is 7.03. The predicted molar refractivity (Wildman–Crippen MR) is 56.3 cm³/mol. The largest absolute Gasteiger partial charge is 0.475 e. The van der Waals surface area contributed by atoms with Crippen molar-refractivity contribution in [2.24, 2.45) is 11.8 Å². The molecule has 0 aromatic heterocycles. The number of allylic oxidation sites excluding steroid dienone is 1. The molecular formula is C9H12OS2. The lowest BCUT2D eigenvalue weighted by Gasteiger charge is -2.19. The quantitative estimate of drug-likeness (QED) is 0.475. The minimum absolute atomic E-state index is 0.375. The summed E-state index contributed by atoms with van der Waals surface area (Å²) in [7, 11) is 0. The van der Waals surface area contributed by atoms with E-state index in [2.05, 4.69) is 12.2 Å². The lowest BCUT2D eigenvalue weighted by Crippen LogP contribution is -2.19. The highest BCUT2D eigenvalue weighted by Gasteiger charge is 2.37. The van der Waals surface area contributed by atoms with Crippen LogP contribution >= 0.6 is 24.0 Å². The molecule has 0 amide bonds. The SMILES string of the molecule is CSC(=S)O[C@@H]1C[C@H]2C=C[C@@H]1C2. The van der Waals surface area contributed by atoms with E-state index in [-0.39, 0.29) is 0 Å². The van der Waals surface area contributed by atoms with E-state index in [0.717, 1.165) is 5.92 Å². The molecule has 3 heteroatoms. The van der Waals surface area contributed by atoms with Crippen molar-refractivity contribution in [2.75, 3.05) is 6.26 Å². The molecule has 0 radical (unpaired) electrons. The molecule has 2 rings (SSSR count). The van der Waals surface area contributed by atoms with Crippen LogP contribution in [0.3, 0.4) is 0 Å². The van der Waals surface area contributed by atoms with Gasteiger partial charge in [0.1, 0.15) is 6.10 Å². The molecule has 1 saturated carbocycles. The first-order valence-electron chi connectivity index (χ1n) is 4.22. The second-order valence-electron chi connectivity index (χ2n) is 3.39. The van der Waals surface area contributed by atoms with Crippen LogP contribution in [-0.2, 0) is 4.74 Å². The van der Waals surface area contributed by atoms with Gasteiger partial charge in [-0.05, 0) is 37.2 Å². The minimum Gasteiger partial charge on any atom is -0.475 e. The van der Waals surface area contributed by atoms with Crippen LogP contribution in [0.2, 0.25) is 0 Å². The van der Waals surface area contributed by atoms with Gasteiger partial charge in [0.05, 0.1) is 0 Å². The van der Waals surface area contributed by atoms with Crippen LogP contribution in [0.25, 0.3) is 0 Å². The number of rotatable bonds is 1. The van der Waals surface area contributed by atoms with Crippen molar-refractivity contribution in [3.05, 3.63) is 12.2 Å². The summed E-state index contributed by atoms with van der Waals surface area (Å²) in [5.41, 5.74) is 0. The van der Waals surface area contributed by atoms with E-state index in [0.29, 0.717) is 16.4 Å². The molecular weight excluding hydrogens is 188 g/mol. The van der Waals surface area contributed by atoms with E-state index < -0.39 is 0 Å². The number of ether oxygens (including phenoxy) is 1. The van der Waals surface area contributed by atoms with Gasteiger partial charge in [-0.2, -0.15) is 0 Å². The summed E-state index contributed by atoms with van der Waals surface area (Å²) in [6.45, 7) is 0. The first kappa shape index (κ1) is 8.57. The van der Waals surface area contributed by atoms with Crippen molar-refractivity contribution in [3.8, 4) is 0 Å². The van der Waals surface area contributed by atoms with Gasteiger partial charge in [-0.3, -0.25) is 0 Å². The number of hydrogen-bond donors (Lipinski definition) is 0. The number of hydrogen-bond acceptors (Lipinski definition) is 3. The van der Waals surface area contributed by atoms with Gasteiger partial charge in [-0.1, -0.05) is 23.9 Å². The maximum atomic E-state index is 5.64. The molecule has 0 aliphatic heterocycles. The second-order valence-corrected chi connectivity index (χ2v) is 4.80. The smallest absolute Gasteiger partial charge is 0.219 e. The second kappa shape index (κ2) is 3.38. The third-order valence-corrected chi connectivity index (χ3v) is 3.66. The van der Waals surface area contributed by atoms with E-state index in [1.165, 1.54) is 24.6 Å². The standard InChI is InChI=1S/C9H12OS2/c1-12-9(11)10-8-5-6-2-3-7(8)4-6/h2-3,6-8H,4-5H2,1H3/t6-,7+,8+/m0/s1. The molecule has 0 unspecified atom stereocenters. The fraction of sp³-hybridized carbons (Fsp3) is 0.667. The Morgan fingerprint density at radius 2 is 2.33 bits per heavy atom. The molecule has 2 aliphatic rings. The highest BCUT2D eigenvalue weighted by Crippen LogP contribution is 2.41. The first-order chi connectivity index (χ1) is 5.79. The molecule has 2 aliphatic carbocycles. The van der Waals surface area contributed by atoms with E-state index in [1.807, 2.05) is 6.26 Å². The average molecular weight is 200 g/mol. The van der Waals surface area contributed by atoms with Crippen LogP contribution in [0.4, 0.5) is 0 Å². The van der Waals surface area contributed by atoms with Crippen molar-refractivity contribution in [1.29, 1.82) is 0 Å². The van der Waals surface area contributed by atoms with Gasteiger partial charge in [0.2, 0.25) is 4.38 Å². The maximum Gasteiger partial charge on any atom is 0.219 e. The zero-order valence-corrected chi connectivity index (χ0v) is 8.66. The lowest BCUT2D eigenvalue weighted by molar-refractivity contribution is 0.173. The highest BCUT2D eigenvalue weighted by atomic mass is 32.2. The van der Waals surface area contributed by atoms with Crippen molar-refractivity contribution < 1.29 is 4.74 Å². The van der Waals surface area contributed by atoms with Gasteiger partial charge in [0.25, 0.3) is 0 Å². The molecule has 1 nitrogen and oxygen atoms in total. The molecule has 0 spiro atoms. The highest BCUT2D eigenvalue weighted by molar-refractivity contribution is 8.22. The number of thiocarbonyl (C=S) groups is 1. The Kier molecular flexibility index (Phi) is 2.42. The van der Waals surface area contributed by atoms with Crippen LogP contribution in [0.15, 0.2) is 12.2 Å². The van der Waals surface area contributed by atoms with Gasteiger partial charge in [-0.15, -0.1) is 0 Å². The summed E-state index contributed by atoms with van der Waals surface area (Å²) in [6, 6.07) is 0. The summed E-state index contributed by atoms with van der Waals surface area (Å²) in [6.07, 6.45) is 9.38. The van der Waals surface area contributed by atoms with Crippen LogP contribution < -0.4 is 0 Å². The summed E-state index contributed by atoms with van der Waals surface area (Å²) in [4.78, 5) is 0. The molecule has 2 bridgehead atoms. The molecule has 66 valence electrons. The normalized spacial score (nSPS) is 37.2. The zero-order chi connectivity index (χ0) is 8.55. The van der Waals surface area contributed by atoms with Crippen molar-refractivity contribution in [1.82, 2.24) is 0 Å². The Balaban J connectivity index is 1.91. The molecule has 1 fully saturated rings. The van der Waals surface area contributed by atoms with Gasteiger partial charge in [0, 0.05) is 5.92 Å². The predicted octanol–water partition coefficient (Wildman–Crippen LogP) is 2.62. The summed E-state index contributed by atoms with van der Waals surface area (Å²) < 4.78 is 6.33. The Morgan fingerprint density at radius 3 is 2.83 bits per heavy atom. The van der Waals surface area contributed by atoms with Gasteiger partial charge in [-0.25, -0.2) is 0 Å². The van der Waals surface area contributed by atoms with Crippen LogP contribution in [0.1, 0.15) is 12.8 Å². The third-order valence-electron chi connectivity index (χ3n) is 2.63. The van der Waals surface area contributed by atoms with E-state index in [1.54, 1.807) is 0 Å².